The van der Waals surface area contributed by atoms with Crippen LogP contribution >= 0.6 is 15.9 Å². The van der Waals surface area contributed by atoms with E-state index in [4.69, 9.17) is 10.5 Å². The van der Waals surface area contributed by atoms with Crippen LogP contribution in [0.4, 0.5) is 10.1 Å². The molecule has 3 nitrogen and oxygen atoms in total. The molecule has 5 heteroatoms. The maximum atomic E-state index is 14.2. The van der Waals surface area contributed by atoms with Crippen LogP contribution in [-0.2, 0) is 11.3 Å². The largest absolute Gasteiger partial charge is 0.377 e. The highest BCUT2D eigenvalue weighted by Crippen LogP contribution is 2.31. The van der Waals surface area contributed by atoms with Gasteiger partial charge in [-0.25, -0.2) is 4.39 Å². The first-order chi connectivity index (χ1) is 8.15. The minimum absolute atomic E-state index is 0.189. The summed E-state index contributed by atoms with van der Waals surface area (Å²) in [5, 5.41) is 0. The average molecular weight is 303 g/mol. The normalized spacial score (nSPS) is 20.7. The topological polar surface area (TPSA) is 38.5 Å². The highest BCUT2D eigenvalue weighted by molar-refractivity contribution is 9.10. The molecule has 2 rings (SSSR count). The van der Waals surface area contributed by atoms with Crippen molar-refractivity contribution in [1.82, 2.24) is 0 Å². The number of morpholine rings is 1. The fourth-order valence-corrected chi connectivity index (χ4v) is 2.54. The first-order valence-corrected chi connectivity index (χ1v) is 6.45. The minimum Gasteiger partial charge on any atom is -0.377 e. The lowest BCUT2D eigenvalue weighted by atomic mass is 10.1. The van der Waals surface area contributed by atoms with Crippen LogP contribution in [0.5, 0.6) is 0 Å². The van der Waals surface area contributed by atoms with E-state index in [0.29, 0.717) is 36.5 Å². The molecule has 0 aromatic heterocycles. The summed E-state index contributed by atoms with van der Waals surface area (Å²) in [4.78, 5) is 2.03. The summed E-state index contributed by atoms with van der Waals surface area (Å²) in [5.74, 6) is -0.235. The molecule has 1 aliphatic heterocycles. The predicted octanol–water partition coefficient (Wildman–Crippen LogP) is 2.27. The predicted molar refractivity (Wildman–Crippen MR) is 69.6 cm³/mol. The molecule has 2 N–H and O–H groups in total. The quantitative estimate of drug-likeness (QED) is 0.911. The van der Waals surface area contributed by atoms with Crippen LogP contribution < -0.4 is 10.6 Å². The summed E-state index contributed by atoms with van der Waals surface area (Å²) in [5.41, 5.74) is 6.95. The zero-order valence-electron chi connectivity index (χ0n) is 9.75. The Kier molecular flexibility index (Phi) is 4.01. The lowest BCUT2D eigenvalue weighted by Gasteiger charge is -2.35. The van der Waals surface area contributed by atoms with Crippen molar-refractivity contribution in [2.75, 3.05) is 24.7 Å². The smallest absolute Gasteiger partial charge is 0.160 e. The molecule has 1 saturated heterocycles. The van der Waals surface area contributed by atoms with E-state index in [1.165, 1.54) is 0 Å². The van der Waals surface area contributed by atoms with Crippen molar-refractivity contribution >= 4 is 21.6 Å². The molecule has 0 spiro atoms. The van der Waals surface area contributed by atoms with Gasteiger partial charge in [0.2, 0.25) is 0 Å². The first-order valence-electron chi connectivity index (χ1n) is 5.66. The van der Waals surface area contributed by atoms with Crippen molar-refractivity contribution in [2.45, 2.75) is 19.5 Å². The van der Waals surface area contributed by atoms with Gasteiger partial charge >= 0.3 is 0 Å². The molecule has 1 aromatic carbocycles. The van der Waals surface area contributed by atoms with Crippen LogP contribution in [-0.4, -0.2) is 25.8 Å². The summed E-state index contributed by atoms with van der Waals surface area (Å²) in [6.45, 7) is 4.35. The molecule has 17 heavy (non-hydrogen) atoms. The van der Waals surface area contributed by atoms with Crippen molar-refractivity contribution in [2.24, 2.45) is 5.73 Å². The molecular weight excluding hydrogens is 287 g/mol. The van der Waals surface area contributed by atoms with Gasteiger partial charge in [-0.3, -0.25) is 0 Å². The number of hydrogen-bond acceptors (Lipinski definition) is 3. The Bertz CT molecular complexity index is 414. The first kappa shape index (κ1) is 12.8. The van der Waals surface area contributed by atoms with Gasteiger partial charge in [-0.05, 0) is 34.5 Å². The standard InChI is InChI=1S/C12H16BrFN2O/c1-8-7-17-5-4-16(8)10-3-2-9(6-15)11(13)12(10)14/h2-3,8H,4-7,15H2,1H3. The zero-order valence-corrected chi connectivity index (χ0v) is 11.3. The monoisotopic (exact) mass is 302 g/mol. The summed E-state index contributed by atoms with van der Waals surface area (Å²) < 4.78 is 20.0. The van der Waals surface area contributed by atoms with E-state index < -0.39 is 0 Å². The van der Waals surface area contributed by atoms with Gasteiger partial charge in [-0.2, -0.15) is 0 Å². The van der Waals surface area contributed by atoms with Crippen LogP contribution in [0, 0.1) is 5.82 Å². The summed E-state index contributed by atoms with van der Waals surface area (Å²) in [7, 11) is 0. The third kappa shape index (κ3) is 2.46. The number of ether oxygens (including phenoxy) is 1. The highest BCUT2D eigenvalue weighted by atomic mass is 79.9. The second-order valence-corrected chi connectivity index (χ2v) is 4.99. The van der Waals surface area contributed by atoms with Crippen LogP contribution in [0.1, 0.15) is 12.5 Å². The fraction of sp³-hybridized carbons (Fsp3) is 0.500. The molecule has 1 aromatic rings. The lowest BCUT2D eigenvalue weighted by molar-refractivity contribution is 0.0986. The maximum Gasteiger partial charge on any atom is 0.160 e. The summed E-state index contributed by atoms with van der Waals surface area (Å²) in [6.07, 6.45) is 0. The molecule has 94 valence electrons. The van der Waals surface area contributed by atoms with Gasteiger partial charge in [0.15, 0.2) is 5.82 Å². The Balaban J connectivity index is 2.35. The van der Waals surface area contributed by atoms with E-state index >= 15 is 0 Å². The van der Waals surface area contributed by atoms with Crippen molar-refractivity contribution < 1.29 is 9.13 Å². The Morgan fingerprint density at radius 2 is 2.35 bits per heavy atom. The number of nitrogens with zero attached hydrogens (tertiary/aromatic N) is 1. The highest BCUT2D eigenvalue weighted by Gasteiger charge is 2.23. The number of halogens is 2. The van der Waals surface area contributed by atoms with Crippen molar-refractivity contribution in [3.8, 4) is 0 Å². The van der Waals surface area contributed by atoms with E-state index in [2.05, 4.69) is 15.9 Å². The molecule has 0 amide bonds. The molecule has 0 saturated carbocycles. The van der Waals surface area contributed by atoms with E-state index in [0.717, 1.165) is 5.56 Å². The molecule has 1 unspecified atom stereocenters. The van der Waals surface area contributed by atoms with E-state index in [9.17, 15) is 4.39 Å². The SMILES string of the molecule is CC1COCCN1c1ccc(CN)c(Br)c1F. The van der Waals surface area contributed by atoms with Crippen molar-refractivity contribution in [1.29, 1.82) is 0 Å². The van der Waals surface area contributed by atoms with Gasteiger partial charge in [0.05, 0.1) is 23.4 Å². The Hall–Kier alpha value is -0.650. The van der Waals surface area contributed by atoms with E-state index in [1.54, 1.807) is 6.07 Å². The average Bonchev–Trinajstić information content (AvgIpc) is 2.34. The lowest BCUT2D eigenvalue weighted by Crippen LogP contribution is -2.44. The van der Waals surface area contributed by atoms with Crippen molar-refractivity contribution in [3.05, 3.63) is 28.0 Å². The minimum atomic E-state index is -0.235. The zero-order chi connectivity index (χ0) is 12.4. The number of hydrogen-bond donors (Lipinski definition) is 1. The molecule has 0 aliphatic carbocycles. The van der Waals surface area contributed by atoms with E-state index in [-0.39, 0.29) is 11.9 Å². The number of benzene rings is 1. The number of rotatable bonds is 2. The molecule has 1 aliphatic rings. The van der Waals surface area contributed by atoms with Gasteiger partial charge in [-0.15, -0.1) is 0 Å². The number of nitrogens with two attached hydrogens (primary N) is 1. The Morgan fingerprint density at radius 1 is 1.59 bits per heavy atom. The van der Waals surface area contributed by atoms with E-state index in [1.807, 2.05) is 17.9 Å². The van der Waals surface area contributed by atoms with Gasteiger partial charge in [0.1, 0.15) is 0 Å². The van der Waals surface area contributed by atoms with Gasteiger partial charge in [0.25, 0.3) is 0 Å². The van der Waals surface area contributed by atoms with Gasteiger partial charge in [-0.1, -0.05) is 6.07 Å². The van der Waals surface area contributed by atoms with Gasteiger partial charge in [0, 0.05) is 19.1 Å². The molecule has 1 fully saturated rings. The fourth-order valence-electron chi connectivity index (χ4n) is 2.04. The Morgan fingerprint density at radius 3 is 3.00 bits per heavy atom. The van der Waals surface area contributed by atoms with Crippen LogP contribution in [0.25, 0.3) is 0 Å². The van der Waals surface area contributed by atoms with Crippen LogP contribution in [0.15, 0.2) is 16.6 Å². The van der Waals surface area contributed by atoms with Crippen molar-refractivity contribution in [3.63, 3.8) is 0 Å². The van der Waals surface area contributed by atoms with Crippen LogP contribution in [0.3, 0.4) is 0 Å². The number of anilines is 1. The van der Waals surface area contributed by atoms with Gasteiger partial charge < -0.3 is 15.4 Å². The molecular formula is C12H16BrFN2O. The molecule has 0 radical (unpaired) electrons. The molecule has 1 heterocycles. The second-order valence-electron chi connectivity index (χ2n) is 4.19. The second kappa shape index (κ2) is 5.33. The third-order valence-corrected chi connectivity index (χ3v) is 3.90. The summed E-state index contributed by atoms with van der Waals surface area (Å²) >= 11 is 3.26. The third-order valence-electron chi connectivity index (χ3n) is 3.04. The Labute approximate surface area is 109 Å². The maximum absolute atomic E-state index is 14.2. The molecule has 0 bridgehead atoms. The molecule has 1 atom stereocenters. The summed E-state index contributed by atoms with van der Waals surface area (Å²) in [6, 6.07) is 3.85. The van der Waals surface area contributed by atoms with Crippen LogP contribution in [0.2, 0.25) is 0 Å².